The third-order valence-corrected chi connectivity index (χ3v) is 5.26. The summed E-state index contributed by atoms with van der Waals surface area (Å²) in [5.74, 6) is -0.919. The lowest BCUT2D eigenvalue weighted by Crippen LogP contribution is -2.46. The van der Waals surface area contributed by atoms with Crippen LogP contribution in [0.5, 0.6) is 0 Å². The second-order valence-electron chi connectivity index (χ2n) is 8.20. The van der Waals surface area contributed by atoms with E-state index >= 15 is 0 Å². The van der Waals surface area contributed by atoms with Gasteiger partial charge in [0, 0.05) is 0 Å². The second-order valence-corrected chi connectivity index (χ2v) is 8.20. The van der Waals surface area contributed by atoms with E-state index in [0.29, 0.717) is 0 Å². The molecule has 2 aromatic carbocycles. The number of hydrogen-bond donors (Lipinski definition) is 1. The van der Waals surface area contributed by atoms with Crippen LogP contribution in [0.25, 0.3) is 11.1 Å². The molecule has 0 saturated carbocycles. The fraction of sp³-hybridized carbons (Fsp3) is 0.318. The fourth-order valence-electron chi connectivity index (χ4n) is 3.86. The van der Waals surface area contributed by atoms with Gasteiger partial charge in [-0.15, -0.1) is 0 Å². The zero-order chi connectivity index (χ0) is 20.3. The van der Waals surface area contributed by atoms with Crippen LogP contribution in [-0.4, -0.2) is 29.0 Å². The number of imide groups is 1. The number of hydrogen-bond acceptors (Lipinski definition) is 4. The normalized spacial score (nSPS) is 17.9. The van der Waals surface area contributed by atoms with Gasteiger partial charge in [0.1, 0.15) is 0 Å². The van der Waals surface area contributed by atoms with Crippen molar-refractivity contribution < 1.29 is 19.1 Å². The van der Waals surface area contributed by atoms with Crippen LogP contribution in [0.2, 0.25) is 0 Å². The highest BCUT2D eigenvalue weighted by Crippen LogP contribution is 2.50. The van der Waals surface area contributed by atoms with Crippen LogP contribution >= 0.6 is 0 Å². The minimum atomic E-state index is -1.30. The Hall–Kier alpha value is -3.15. The van der Waals surface area contributed by atoms with E-state index in [1.165, 1.54) is 6.92 Å². The van der Waals surface area contributed by atoms with Gasteiger partial charge in [0.2, 0.25) is 0 Å². The summed E-state index contributed by atoms with van der Waals surface area (Å²) in [6, 6.07) is 14.5. The van der Waals surface area contributed by atoms with Gasteiger partial charge in [-0.2, -0.15) is 0 Å². The average molecular weight is 378 g/mol. The van der Waals surface area contributed by atoms with Gasteiger partial charge >= 0.3 is 12.0 Å². The Morgan fingerprint density at radius 2 is 1.50 bits per heavy atom. The van der Waals surface area contributed by atoms with E-state index in [9.17, 15) is 14.4 Å². The highest BCUT2D eigenvalue weighted by molar-refractivity contribution is 6.13. The minimum Gasteiger partial charge on any atom is -0.441 e. The van der Waals surface area contributed by atoms with Crippen LogP contribution in [0.3, 0.4) is 0 Å². The number of esters is 1. The first-order valence-corrected chi connectivity index (χ1v) is 9.24. The molecule has 1 aliphatic carbocycles. The summed E-state index contributed by atoms with van der Waals surface area (Å²) < 4.78 is 5.42. The van der Waals surface area contributed by atoms with Gasteiger partial charge in [0.25, 0.3) is 5.91 Å². The number of nitrogens with zero attached hydrogens (tertiary/aromatic N) is 1. The molecule has 6 heteroatoms. The Morgan fingerprint density at radius 1 is 1.00 bits per heavy atom. The first kappa shape index (κ1) is 18.2. The van der Waals surface area contributed by atoms with Crippen molar-refractivity contribution in [2.45, 2.75) is 39.5 Å². The zero-order valence-corrected chi connectivity index (χ0v) is 16.3. The van der Waals surface area contributed by atoms with Gasteiger partial charge in [-0.05, 0) is 49.9 Å². The Bertz CT molecular complexity index is 960. The van der Waals surface area contributed by atoms with E-state index in [0.717, 1.165) is 27.2 Å². The molecule has 2 aliphatic rings. The van der Waals surface area contributed by atoms with Gasteiger partial charge in [-0.1, -0.05) is 48.5 Å². The van der Waals surface area contributed by atoms with Crippen molar-refractivity contribution in [2.24, 2.45) is 5.41 Å². The quantitative estimate of drug-likeness (QED) is 0.642. The predicted octanol–water partition coefficient (Wildman–Crippen LogP) is 3.40. The standard InChI is InChI=1S/C22H22N2O4/c1-13(28-19(26)21(2,3)4)24-18(25)22(23-20(24)27)16-11-7-5-9-14(16)15-10-6-8-12-17(15)22/h5-13H,1-4H3,(H,23,27). The van der Waals surface area contributed by atoms with Gasteiger partial charge in [-0.25, -0.2) is 9.69 Å². The summed E-state index contributed by atoms with van der Waals surface area (Å²) in [7, 11) is 0. The molecule has 1 spiro atoms. The average Bonchev–Trinajstić information content (AvgIpc) is 3.08. The number of amides is 3. The maximum atomic E-state index is 13.6. The first-order valence-electron chi connectivity index (χ1n) is 9.24. The van der Waals surface area contributed by atoms with Crippen LogP contribution in [0.15, 0.2) is 48.5 Å². The molecule has 28 heavy (non-hydrogen) atoms. The summed E-state index contributed by atoms with van der Waals surface area (Å²) in [5.41, 5.74) is 1.24. The van der Waals surface area contributed by atoms with Crippen LogP contribution in [0, 0.1) is 5.41 Å². The maximum absolute atomic E-state index is 13.6. The van der Waals surface area contributed by atoms with Gasteiger partial charge in [0.05, 0.1) is 5.41 Å². The highest BCUT2D eigenvalue weighted by Gasteiger charge is 2.59. The lowest BCUT2D eigenvalue weighted by molar-refractivity contribution is -0.166. The number of urea groups is 1. The van der Waals surface area contributed by atoms with Crippen LogP contribution in [0.4, 0.5) is 4.79 Å². The van der Waals surface area contributed by atoms with Crippen molar-refractivity contribution in [2.75, 3.05) is 0 Å². The summed E-state index contributed by atoms with van der Waals surface area (Å²) in [4.78, 5) is 39.7. The molecule has 0 radical (unpaired) electrons. The summed E-state index contributed by atoms with van der Waals surface area (Å²) >= 11 is 0. The fourth-order valence-corrected chi connectivity index (χ4v) is 3.86. The Morgan fingerprint density at radius 3 is 2.00 bits per heavy atom. The number of ether oxygens (including phenoxy) is 1. The predicted molar refractivity (Wildman–Crippen MR) is 103 cm³/mol. The summed E-state index contributed by atoms with van der Waals surface area (Å²) in [6.45, 7) is 6.70. The molecular formula is C22H22N2O4. The van der Waals surface area contributed by atoms with Gasteiger partial charge in [0.15, 0.2) is 11.8 Å². The molecule has 2 aromatic rings. The third kappa shape index (κ3) is 2.37. The van der Waals surface area contributed by atoms with Crippen molar-refractivity contribution >= 4 is 17.9 Å². The van der Waals surface area contributed by atoms with Crippen molar-refractivity contribution in [1.82, 2.24) is 10.2 Å². The molecule has 6 nitrogen and oxygen atoms in total. The Labute approximate surface area is 163 Å². The summed E-state index contributed by atoms with van der Waals surface area (Å²) in [6.07, 6.45) is -1.02. The molecule has 1 saturated heterocycles. The molecule has 144 valence electrons. The van der Waals surface area contributed by atoms with Gasteiger partial charge in [-0.3, -0.25) is 9.59 Å². The number of fused-ring (bicyclic) bond motifs is 5. The molecule has 1 atom stereocenters. The summed E-state index contributed by atoms with van der Waals surface area (Å²) in [5, 5.41) is 2.88. The van der Waals surface area contributed by atoms with Crippen LogP contribution in [0.1, 0.15) is 38.8 Å². The van der Waals surface area contributed by atoms with E-state index in [2.05, 4.69) is 5.32 Å². The SMILES string of the molecule is CC(OC(=O)C(C)(C)C)N1C(=O)NC2(C1=O)c1ccccc1-c1ccccc12. The maximum Gasteiger partial charge on any atom is 0.328 e. The molecule has 3 amide bonds. The van der Waals surface area contributed by atoms with E-state index in [1.807, 2.05) is 48.5 Å². The Kier molecular flexibility index (Phi) is 3.86. The lowest BCUT2D eigenvalue weighted by Gasteiger charge is -2.27. The number of carbonyl (C=O) groups excluding carboxylic acids is 3. The second kappa shape index (κ2) is 5.92. The van der Waals surface area contributed by atoms with Crippen molar-refractivity contribution in [3.05, 3.63) is 59.7 Å². The van der Waals surface area contributed by atoms with E-state index in [4.69, 9.17) is 4.74 Å². The van der Waals surface area contributed by atoms with Crippen molar-refractivity contribution in [1.29, 1.82) is 0 Å². The third-order valence-electron chi connectivity index (χ3n) is 5.26. The molecule has 1 aliphatic heterocycles. The zero-order valence-electron chi connectivity index (χ0n) is 16.3. The van der Waals surface area contributed by atoms with Gasteiger partial charge < -0.3 is 10.1 Å². The Balaban J connectivity index is 1.78. The minimum absolute atomic E-state index is 0.441. The number of rotatable bonds is 2. The molecule has 4 rings (SSSR count). The smallest absolute Gasteiger partial charge is 0.328 e. The molecule has 1 fully saturated rings. The number of carbonyl (C=O) groups is 3. The van der Waals surface area contributed by atoms with Crippen LogP contribution < -0.4 is 5.32 Å². The molecule has 1 unspecified atom stereocenters. The van der Waals surface area contributed by atoms with E-state index in [1.54, 1.807) is 20.8 Å². The first-order chi connectivity index (χ1) is 13.2. The van der Waals surface area contributed by atoms with Crippen LogP contribution in [-0.2, 0) is 19.9 Å². The van der Waals surface area contributed by atoms with Crippen molar-refractivity contribution in [3.8, 4) is 11.1 Å². The molecule has 1 N–H and O–H groups in total. The van der Waals surface area contributed by atoms with E-state index in [-0.39, 0.29) is 0 Å². The highest BCUT2D eigenvalue weighted by atomic mass is 16.6. The van der Waals surface area contributed by atoms with E-state index < -0.39 is 35.1 Å². The largest absolute Gasteiger partial charge is 0.441 e. The molecule has 1 heterocycles. The topological polar surface area (TPSA) is 75.7 Å². The lowest BCUT2D eigenvalue weighted by atomic mass is 9.87. The number of benzene rings is 2. The number of nitrogens with one attached hydrogen (secondary N) is 1. The monoisotopic (exact) mass is 378 g/mol. The molecule has 0 aromatic heterocycles. The molecule has 0 bridgehead atoms. The molecular weight excluding hydrogens is 356 g/mol. The van der Waals surface area contributed by atoms with Crippen molar-refractivity contribution in [3.63, 3.8) is 0 Å².